The molecule has 0 unspecified atom stereocenters. The maximum Gasteiger partial charge on any atom is 0.329 e. The summed E-state index contributed by atoms with van der Waals surface area (Å²) in [4.78, 5) is 47.3. The molecule has 0 atom stereocenters. The molecule has 0 saturated heterocycles. The monoisotopic (exact) mass is 409 g/mol. The molecule has 0 aliphatic carbocycles. The molecule has 0 bridgehead atoms. The van der Waals surface area contributed by atoms with Gasteiger partial charge in [-0.05, 0) is 37.6 Å². The maximum atomic E-state index is 12.2. The summed E-state index contributed by atoms with van der Waals surface area (Å²) in [6, 6.07) is 13.8. The standard InChI is InChI=1S/C21H23N5O4/c1-13-8-4-5-9-16(13)24-20(29)21(30)26-25-14(2)12-19(28)23-18-11-7-6-10-17(18)22-15(3)27/h4-11H,12H2,1-3H3,(H,22,27)(H,23,28)(H,24,29)(H,26,30)/b25-14+. The second-order valence-electron chi connectivity index (χ2n) is 6.51. The Hall–Kier alpha value is -4.01. The predicted molar refractivity (Wildman–Crippen MR) is 115 cm³/mol. The number of nitrogens with zero attached hydrogens (tertiary/aromatic N) is 1. The van der Waals surface area contributed by atoms with Gasteiger partial charge in [0.05, 0.1) is 17.8 Å². The molecule has 2 aromatic rings. The molecule has 4 amide bonds. The lowest BCUT2D eigenvalue weighted by atomic mass is 10.2. The fraction of sp³-hybridized carbons (Fsp3) is 0.190. The van der Waals surface area contributed by atoms with Gasteiger partial charge in [0, 0.05) is 18.3 Å². The highest BCUT2D eigenvalue weighted by atomic mass is 16.2. The molecule has 0 aromatic heterocycles. The summed E-state index contributed by atoms with van der Waals surface area (Å²) in [7, 11) is 0. The van der Waals surface area contributed by atoms with Crippen molar-refractivity contribution in [2.75, 3.05) is 16.0 Å². The summed E-state index contributed by atoms with van der Waals surface area (Å²) in [5.74, 6) is -2.47. The molecule has 0 heterocycles. The van der Waals surface area contributed by atoms with Crippen LogP contribution in [-0.4, -0.2) is 29.3 Å². The molecular weight excluding hydrogens is 386 g/mol. The van der Waals surface area contributed by atoms with Crippen LogP contribution in [0.5, 0.6) is 0 Å². The zero-order valence-electron chi connectivity index (χ0n) is 16.9. The van der Waals surface area contributed by atoms with E-state index in [1.54, 1.807) is 56.3 Å². The molecule has 0 radical (unpaired) electrons. The van der Waals surface area contributed by atoms with Crippen molar-refractivity contribution >= 4 is 46.4 Å². The number of hydrogen-bond donors (Lipinski definition) is 4. The average Bonchev–Trinajstić information content (AvgIpc) is 2.69. The van der Waals surface area contributed by atoms with E-state index in [-0.39, 0.29) is 12.3 Å². The number of para-hydroxylation sites is 3. The Balaban J connectivity index is 1.89. The summed E-state index contributed by atoms with van der Waals surface area (Å²) >= 11 is 0. The van der Waals surface area contributed by atoms with Crippen molar-refractivity contribution in [1.29, 1.82) is 0 Å². The highest BCUT2D eigenvalue weighted by Crippen LogP contribution is 2.21. The first kappa shape index (κ1) is 22.3. The zero-order valence-corrected chi connectivity index (χ0v) is 16.9. The number of aryl methyl sites for hydroxylation is 1. The number of hydrogen-bond acceptors (Lipinski definition) is 5. The van der Waals surface area contributed by atoms with Gasteiger partial charge in [-0.1, -0.05) is 30.3 Å². The van der Waals surface area contributed by atoms with Crippen LogP contribution in [0.2, 0.25) is 0 Å². The number of rotatable bonds is 6. The first-order valence-electron chi connectivity index (χ1n) is 9.13. The molecule has 9 nitrogen and oxygen atoms in total. The van der Waals surface area contributed by atoms with Gasteiger partial charge in [0.2, 0.25) is 11.8 Å². The largest absolute Gasteiger partial charge is 0.329 e. The second kappa shape index (κ2) is 10.5. The zero-order chi connectivity index (χ0) is 22.1. The van der Waals surface area contributed by atoms with Gasteiger partial charge in [0.1, 0.15) is 0 Å². The van der Waals surface area contributed by atoms with E-state index < -0.39 is 17.7 Å². The van der Waals surface area contributed by atoms with Crippen LogP contribution in [0.1, 0.15) is 25.8 Å². The molecule has 156 valence electrons. The van der Waals surface area contributed by atoms with E-state index >= 15 is 0 Å². The average molecular weight is 409 g/mol. The van der Waals surface area contributed by atoms with Crippen molar-refractivity contribution in [2.24, 2.45) is 5.10 Å². The topological polar surface area (TPSA) is 129 Å². The smallest absolute Gasteiger partial charge is 0.325 e. The Morgan fingerprint density at radius 1 is 0.767 bits per heavy atom. The normalized spacial score (nSPS) is 10.7. The molecule has 30 heavy (non-hydrogen) atoms. The highest BCUT2D eigenvalue weighted by Gasteiger charge is 2.14. The number of carbonyl (C=O) groups is 4. The molecule has 4 N–H and O–H groups in total. The number of hydrazone groups is 1. The second-order valence-corrected chi connectivity index (χ2v) is 6.51. The van der Waals surface area contributed by atoms with Crippen LogP contribution in [0.25, 0.3) is 0 Å². The van der Waals surface area contributed by atoms with Crippen molar-refractivity contribution in [3.8, 4) is 0 Å². The van der Waals surface area contributed by atoms with Gasteiger partial charge in [0.15, 0.2) is 0 Å². The molecular formula is C21H23N5O4. The van der Waals surface area contributed by atoms with Gasteiger partial charge in [-0.15, -0.1) is 0 Å². The fourth-order valence-electron chi connectivity index (χ4n) is 2.45. The lowest BCUT2D eigenvalue weighted by Gasteiger charge is -2.11. The lowest BCUT2D eigenvalue weighted by molar-refractivity contribution is -0.136. The number of nitrogens with one attached hydrogen (secondary N) is 4. The summed E-state index contributed by atoms with van der Waals surface area (Å²) in [5.41, 5.74) is 4.66. The fourth-order valence-corrected chi connectivity index (χ4v) is 2.45. The minimum atomic E-state index is -0.950. The number of amides is 4. The van der Waals surface area contributed by atoms with Crippen LogP contribution in [0.15, 0.2) is 53.6 Å². The molecule has 0 aliphatic heterocycles. The predicted octanol–water partition coefficient (Wildman–Crippen LogP) is 2.41. The third kappa shape index (κ3) is 6.86. The van der Waals surface area contributed by atoms with E-state index in [1.807, 2.05) is 6.07 Å². The van der Waals surface area contributed by atoms with E-state index in [4.69, 9.17) is 0 Å². The third-order valence-corrected chi connectivity index (χ3v) is 3.88. The number of anilines is 3. The van der Waals surface area contributed by atoms with Crippen molar-refractivity contribution in [3.05, 3.63) is 54.1 Å². The van der Waals surface area contributed by atoms with E-state index in [2.05, 4.69) is 26.5 Å². The Labute approximate surface area is 173 Å². The van der Waals surface area contributed by atoms with Crippen molar-refractivity contribution < 1.29 is 19.2 Å². The van der Waals surface area contributed by atoms with Gasteiger partial charge in [-0.3, -0.25) is 19.2 Å². The molecule has 2 aromatic carbocycles. The Morgan fingerprint density at radius 3 is 1.93 bits per heavy atom. The van der Waals surface area contributed by atoms with Crippen LogP contribution in [0, 0.1) is 6.92 Å². The first-order valence-corrected chi connectivity index (χ1v) is 9.13. The van der Waals surface area contributed by atoms with Crippen LogP contribution < -0.4 is 21.4 Å². The minimum absolute atomic E-state index is 0.117. The van der Waals surface area contributed by atoms with Crippen molar-refractivity contribution in [3.63, 3.8) is 0 Å². The van der Waals surface area contributed by atoms with E-state index in [0.29, 0.717) is 22.8 Å². The summed E-state index contributed by atoms with van der Waals surface area (Å²) < 4.78 is 0. The lowest BCUT2D eigenvalue weighted by Crippen LogP contribution is -2.33. The number of benzene rings is 2. The molecule has 0 saturated carbocycles. The van der Waals surface area contributed by atoms with Gasteiger partial charge in [-0.2, -0.15) is 5.10 Å². The highest BCUT2D eigenvalue weighted by molar-refractivity contribution is 6.39. The molecule has 0 spiro atoms. The van der Waals surface area contributed by atoms with Gasteiger partial charge < -0.3 is 16.0 Å². The van der Waals surface area contributed by atoms with Gasteiger partial charge in [-0.25, -0.2) is 5.43 Å². The van der Waals surface area contributed by atoms with E-state index in [1.165, 1.54) is 6.92 Å². The Morgan fingerprint density at radius 2 is 1.33 bits per heavy atom. The molecule has 0 fully saturated rings. The Kier molecular flexibility index (Phi) is 7.81. The van der Waals surface area contributed by atoms with E-state index in [9.17, 15) is 19.2 Å². The quantitative estimate of drug-likeness (QED) is 0.332. The van der Waals surface area contributed by atoms with Gasteiger partial charge >= 0.3 is 11.8 Å². The van der Waals surface area contributed by atoms with Crippen LogP contribution >= 0.6 is 0 Å². The minimum Gasteiger partial charge on any atom is -0.325 e. The van der Waals surface area contributed by atoms with Gasteiger partial charge in [0.25, 0.3) is 0 Å². The summed E-state index contributed by atoms with van der Waals surface area (Å²) in [6.45, 7) is 4.71. The van der Waals surface area contributed by atoms with Crippen LogP contribution in [0.4, 0.5) is 17.1 Å². The molecule has 0 aliphatic rings. The number of carbonyl (C=O) groups excluding carboxylic acids is 4. The SMILES string of the molecule is CC(=O)Nc1ccccc1NC(=O)C/C(C)=N/NC(=O)C(=O)Nc1ccccc1C. The van der Waals surface area contributed by atoms with Crippen molar-refractivity contribution in [1.82, 2.24) is 5.43 Å². The van der Waals surface area contributed by atoms with Crippen molar-refractivity contribution in [2.45, 2.75) is 27.2 Å². The summed E-state index contributed by atoms with van der Waals surface area (Å²) in [6.07, 6.45) is -0.117. The third-order valence-electron chi connectivity index (χ3n) is 3.88. The van der Waals surface area contributed by atoms with E-state index in [0.717, 1.165) is 5.56 Å². The Bertz CT molecular complexity index is 1000. The maximum absolute atomic E-state index is 12.2. The van der Waals surface area contributed by atoms with Crippen LogP contribution in [-0.2, 0) is 19.2 Å². The first-order chi connectivity index (χ1) is 14.3. The van der Waals surface area contributed by atoms with Crippen LogP contribution in [0.3, 0.4) is 0 Å². The summed E-state index contributed by atoms with van der Waals surface area (Å²) in [5, 5.41) is 11.6. The molecule has 9 heteroatoms. The molecule has 2 rings (SSSR count).